The Balaban J connectivity index is 2.14. The number of hydrogen-bond acceptors (Lipinski definition) is 4. The lowest BCUT2D eigenvalue weighted by Crippen LogP contribution is -2.17. The summed E-state index contributed by atoms with van der Waals surface area (Å²) in [7, 11) is 0. The number of nitrogens with one attached hydrogen (secondary N) is 1. The predicted octanol–water partition coefficient (Wildman–Crippen LogP) is 2.68. The van der Waals surface area contributed by atoms with Crippen LogP contribution in [0.5, 0.6) is 0 Å². The molecular weight excluding hydrogens is 254 g/mol. The molecule has 20 heavy (non-hydrogen) atoms. The highest BCUT2D eigenvalue weighted by Gasteiger charge is 2.13. The van der Waals surface area contributed by atoms with Gasteiger partial charge in [0.05, 0.1) is 6.42 Å². The van der Waals surface area contributed by atoms with Crippen LogP contribution >= 0.6 is 0 Å². The van der Waals surface area contributed by atoms with Gasteiger partial charge in [-0.25, -0.2) is 0 Å². The summed E-state index contributed by atoms with van der Waals surface area (Å²) in [6.45, 7) is 5.86. The SMILES string of the molecule is CCc1cccc(CC)c1NC(=O)Cc1noc(C)n1. The quantitative estimate of drug-likeness (QED) is 0.909. The highest BCUT2D eigenvalue weighted by molar-refractivity contribution is 5.93. The van der Waals surface area contributed by atoms with Gasteiger partial charge in [-0.15, -0.1) is 0 Å². The molecule has 0 saturated carbocycles. The van der Waals surface area contributed by atoms with Gasteiger partial charge in [-0.2, -0.15) is 4.98 Å². The molecule has 0 unspecified atom stereocenters. The number of rotatable bonds is 5. The number of benzene rings is 1. The minimum absolute atomic E-state index is 0.124. The number of nitrogens with zero attached hydrogens (tertiary/aromatic N) is 2. The van der Waals surface area contributed by atoms with Gasteiger partial charge in [0, 0.05) is 12.6 Å². The molecule has 2 rings (SSSR count). The van der Waals surface area contributed by atoms with Gasteiger partial charge in [0.15, 0.2) is 5.82 Å². The molecule has 0 radical (unpaired) electrons. The zero-order valence-electron chi connectivity index (χ0n) is 12.1. The summed E-state index contributed by atoms with van der Waals surface area (Å²) >= 11 is 0. The topological polar surface area (TPSA) is 68.0 Å². The number of aromatic nitrogens is 2. The maximum atomic E-state index is 12.1. The van der Waals surface area contributed by atoms with Crippen LogP contribution in [0.1, 0.15) is 36.7 Å². The Morgan fingerprint density at radius 3 is 2.40 bits per heavy atom. The van der Waals surface area contributed by atoms with Crippen molar-refractivity contribution >= 4 is 11.6 Å². The van der Waals surface area contributed by atoms with Crippen molar-refractivity contribution in [2.75, 3.05) is 5.32 Å². The van der Waals surface area contributed by atoms with Crippen molar-refractivity contribution in [3.8, 4) is 0 Å². The first kappa shape index (κ1) is 14.2. The fourth-order valence-electron chi connectivity index (χ4n) is 2.14. The van der Waals surface area contributed by atoms with Gasteiger partial charge in [0.25, 0.3) is 0 Å². The normalized spacial score (nSPS) is 10.6. The Morgan fingerprint density at radius 1 is 1.25 bits per heavy atom. The summed E-state index contributed by atoms with van der Waals surface area (Å²) < 4.78 is 4.86. The molecule has 0 aliphatic carbocycles. The first-order chi connectivity index (χ1) is 9.63. The number of aryl methyl sites for hydroxylation is 3. The van der Waals surface area contributed by atoms with Crippen LogP contribution in [0.2, 0.25) is 0 Å². The second kappa shape index (κ2) is 6.32. The minimum atomic E-state index is -0.124. The van der Waals surface area contributed by atoms with Crippen LogP contribution in [0, 0.1) is 6.92 Å². The summed E-state index contributed by atoms with van der Waals surface area (Å²) in [6, 6.07) is 6.09. The van der Waals surface area contributed by atoms with Crippen LogP contribution in [-0.4, -0.2) is 16.0 Å². The summed E-state index contributed by atoms with van der Waals surface area (Å²) in [4.78, 5) is 16.1. The molecule has 2 aromatic rings. The third-order valence-electron chi connectivity index (χ3n) is 3.15. The second-order valence-corrected chi connectivity index (χ2v) is 4.61. The van der Waals surface area contributed by atoms with Gasteiger partial charge in [-0.3, -0.25) is 4.79 Å². The van der Waals surface area contributed by atoms with E-state index in [1.165, 1.54) is 0 Å². The summed E-state index contributed by atoms with van der Waals surface area (Å²) in [5.41, 5.74) is 3.20. The van der Waals surface area contributed by atoms with Crippen molar-refractivity contribution in [3.63, 3.8) is 0 Å². The number of amides is 1. The zero-order valence-corrected chi connectivity index (χ0v) is 12.1. The molecule has 5 nitrogen and oxygen atoms in total. The minimum Gasteiger partial charge on any atom is -0.340 e. The molecule has 0 bridgehead atoms. The summed E-state index contributed by atoms with van der Waals surface area (Å²) in [6.07, 6.45) is 1.88. The van der Waals surface area contributed by atoms with E-state index >= 15 is 0 Å². The van der Waals surface area contributed by atoms with E-state index < -0.39 is 0 Å². The molecule has 106 valence electrons. The van der Waals surface area contributed by atoms with Crippen LogP contribution in [0.25, 0.3) is 0 Å². The maximum absolute atomic E-state index is 12.1. The van der Waals surface area contributed by atoms with Gasteiger partial charge in [-0.05, 0) is 24.0 Å². The fraction of sp³-hybridized carbons (Fsp3) is 0.400. The van der Waals surface area contributed by atoms with Crippen molar-refractivity contribution in [1.29, 1.82) is 0 Å². The Kier molecular flexibility index (Phi) is 4.50. The number of para-hydroxylation sites is 1. The number of hydrogen-bond donors (Lipinski definition) is 1. The fourth-order valence-corrected chi connectivity index (χ4v) is 2.14. The molecule has 1 heterocycles. The third-order valence-corrected chi connectivity index (χ3v) is 3.15. The van der Waals surface area contributed by atoms with Gasteiger partial charge >= 0.3 is 0 Å². The number of carbonyl (C=O) groups is 1. The largest absolute Gasteiger partial charge is 0.340 e. The lowest BCUT2D eigenvalue weighted by atomic mass is 10.0. The molecular formula is C15H19N3O2. The van der Waals surface area contributed by atoms with Gasteiger partial charge in [0.1, 0.15) is 0 Å². The Hall–Kier alpha value is -2.17. The van der Waals surface area contributed by atoms with E-state index in [1.807, 2.05) is 18.2 Å². The zero-order chi connectivity index (χ0) is 14.5. The Morgan fingerprint density at radius 2 is 1.90 bits per heavy atom. The molecule has 0 fully saturated rings. The molecule has 5 heteroatoms. The lowest BCUT2D eigenvalue weighted by Gasteiger charge is -2.13. The number of anilines is 1. The average Bonchev–Trinajstić information content (AvgIpc) is 2.84. The molecule has 0 spiro atoms. The van der Waals surface area contributed by atoms with Crippen molar-refractivity contribution in [3.05, 3.63) is 41.0 Å². The van der Waals surface area contributed by atoms with E-state index in [2.05, 4.69) is 29.3 Å². The summed E-state index contributed by atoms with van der Waals surface area (Å²) in [5, 5.41) is 6.71. The Bertz CT molecular complexity index is 583. The van der Waals surface area contributed by atoms with Gasteiger partial charge in [0.2, 0.25) is 11.8 Å². The maximum Gasteiger partial charge on any atom is 0.232 e. The molecule has 0 atom stereocenters. The van der Waals surface area contributed by atoms with Crippen molar-refractivity contribution in [2.24, 2.45) is 0 Å². The molecule has 1 N–H and O–H groups in total. The highest BCUT2D eigenvalue weighted by atomic mass is 16.5. The summed E-state index contributed by atoms with van der Waals surface area (Å²) in [5.74, 6) is 0.754. The second-order valence-electron chi connectivity index (χ2n) is 4.61. The molecule has 0 aliphatic rings. The van der Waals surface area contributed by atoms with Crippen LogP contribution < -0.4 is 5.32 Å². The van der Waals surface area contributed by atoms with Crippen LogP contribution in [-0.2, 0) is 24.1 Å². The van der Waals surface area contributed by atoms with E-state index in [-0.39, 0.29) is 12.3 Å². The van der Waals surface area contributed by atoms with Crippen molar-refractivity contribution < 1.29 is 9.32 Å². The van der Waals surface area contributed by atoms with E-state index in [9.17, 15) is 4.79 Å². The highest BCUT2D eigenvalue weighted by Crippen LogP contribution is 2.22. The van der Waals surface area contributed by atoms with Crippen LogP contribution in [0.3, 0.4) is 0 Å². The van der Waals surface area contributed by atoms with E-state index in [1.54, 1.807) is 6.92 Å². The third kappa shape index (κ3) is 3.23. The lowest BCUT2D eigenvalue weighted by molar-refractivity contribution is -0.115. The van der Waals surface area contributed by atoms with E-state index in [0.717, 1.165) is 29.7 Å². The molecule has 0 aliphatic heterocycles. The monoisotopic (exact) mass is 273 g/mol. The smallest absolute Gasteiger partial charge is 0.232 e. The Labute approximate surface area is 118 Å². The molecule has 0 saturated heterocycles. The average molecular weight is 273 g/mol. The molecule has 1 aromatic heterocycles. The molecule has 1 aromatic carbocycles. The van der Waals surface area contributed by atoms with Crippen LogP contribution in [0.15, 0.2) is 22.7 Å². The first-order valence-corrected chi connectivity index (χ1v) is 6.83. The van der Waals surface area contributed by atoms with Crippen LogP contribution in [0.4, 0.5) is 5.69 Å². The number of carbonyl (C=O) groups excluding carboxylic acids is 1. The van der Waals surface area contributed by atoms with Gasteiger partial charge in [-0.1, -0.05) is 37.2 Å². The van der Waals surface area contributed by atoms with Gasteiger partial charge < -0.3 is 9.84 Å². The van der Waals surface area contributed by atoms with E-state index in [0.29, 0.717) is 11.7 Å². The van der Waals surface area contributed by atoms with E-state index in [4.69, 9.17) is 4.52 Å². The van der Waals surface area contributed by atoms with Crippen molar-refractivity contribution in [2.45, 2.75) is 40.0 Å². The van der Waals surface area contributed by atoms with Crippen molar-refractivity contribution in [1.82, 2.24) is 10.1 Å². The first-order valence-electron chi connectivity index (χ1n) is 6.83. The predicted molar refractivity (Wildman–Crippen MR) is 76.6 cm³/mol. The molecule has 1 amide bonds. The standard InChI is InChI=1S/C15H19N3O2/c1-4-11-7-6-8-12(5-2)15(11)17-14(19)9-13-16-10(3)20-18-13/h6-8H,4-5,9H2,1-3H3,(H,17,19).